The van der Waals surface area contributed by atoms with E-state index in [1.165, 1.54) is 16.3 Å². The van der Waals surface area contributed by atoms with Crippen LogP contribution in [0.2, 0.25) is 0 Å². The quantitative estimate of drug-likeness (QED) is 0.798. The van der Waals surface area contributed by atoms with E-state index >= 15 is 0 Å². The summed E-state index contributed by atoms with van der Waals surface area (Å²) in [6, 6.07) is 15.2. The van der Waals surface area contributed by atoms with Gasteiger partial charge >= 0.3 is 0 Å². The highest BCUT2D eigenvalue weighted by Gasteiger charge is 2.46. The van der Waals surface area contributed by atoms with Gasteiger partial charge in [-0.25, -0.2) is 0 Å². The Bertz CT molecular complexity index is 881. The molecule has 23 heavy (non-hydrogen) atoms. The maximum Gasteiger partial charge on any atom is 0.230 e. The number of hydrogen-bond donors (Lipinski definition) is 1. The van der Waals surface area contributed by atoms with E-state index < -0.39 is 0 Å². The average Bonchev–Trinajstić information content (AvgIpc) is 3.20. The van der Waals surface area contributed by atoms with E-state index in [1.807, 2.05) is 0 Å². The van der Waals surface area contributed by atoms with Crippen molar-refractivity contribution in [2.24, 2.45) is 5.73 Å². The first kappa shape index (κ1) is 13.3. The van der Waals surface area contributed by atoms with Gasteiger partial charge in [0.15, 0.2) is 5.82 Å². The summed E-state index contributed by atoms with van der Waals surface area (Å²) in [5.74, 6) is 2.29. The lowest BCUT2D eigenvalue weighted by molar-refractivity contribution is 0.229. The molecule has 0 saturated heterocycles. The molecular formula is C19H19N3O. The number of nitrogens with zero attached hydrogens (tertiary/aromatic N) is 2. The molecule has 2 fully saturated rings. The number of aromatic nitrogens is 2. The highest BCUT2D eigenvalue weighted by molar-refractivity contribution is 5.83. The van der Waals surface area contributed by atoms with Crippen molar-refractivity contribution in [3.63, 3.8) is 0 Å². The van der Waals surface area contributed by atoms with Crippen molar-refractivity contribution in [1.82, 2.24) is 10.1 Å². The van der Waals surface area contributed by atoms with Crippen LogP contribution in [0.1, 0.15) is 54.8 Å². The zero-order chi connectivity index (χ0) is 15.4. The second-order valence-corrected chi connectivity index (χ2v) is 7.02. The van der Waals surface area contributed by atoms with Crippen LogP contribution in [0.25, 0.3) is 10.8 Å². The average molecular weight is 305 g/mol. The van der Waals surface area contributed by atoms with E-state index in [-0.39, 0.29) is 5.54 Å². The van der Waals surface area contributed by atoms with Crippen LogP contribution in [0.15, 0.2) is 47.0 Å². The normalized spacial score (nSPS) is 25.3. The largest absolute Gasteiger partial charge is 0.339 e. The monoisotopic (exact) mass is 305 g/mol. The first-order chi connectivity index (χ1) is 11.2. The Morgan fingerprint density at radius 2 is 1.87 bits per heavy atom. The molecule has 0 bridgehead atoms. The van der Waals surface area contributed by atoms with E-state index in [2.05, 4.69) is 52.6 Å². The van der Waals surface area contributed by atoms with E-state index in [4.69, 9.17) is 10.3 Å². The van der Waals surface area contributed by atoms with E-state index in [1.54, 1.807) is 0 Å². The minimum absolute atomic E-state index is 0.338. The van der Waals surface area contributed by atoms with Gasteiger partial charge in [-0.1, -0.05) is 47.6 Å². The van der Waals surface area contributed by atoms with Crippen molar-refractivity contribution >= 4 is 10.8 Å². The summed E-state index contributed by atoms with van der Waals surface area (Å²) < 4.78 is 5.51. The van der Waals surface area contributed by atoms with Gasteiger partial charge in [-0.2, -0.15) is 4.98 Å². The summed E-state index contributed by atoms with van der Waals surface area (Å²) in [4.78, 5) is 4.60. The van der Waals surface area contributed by atoms with Crippen molar-refractivity contribution in [3.05, 3.63) is 59.7 Å². The van der Waals surface area contributed by atoms with E-state index in [9.17, 15) is 0 Å². The minimum Gasteiger partial charge on any atom is -0.339 e. The third kappa shape index (κ3) is 2.09. The highest BCUT2D eigenvalue weighted by Crippen LogP contribution is 2.54. The molecule has 0 amide bonds. The molecule has 1 aromatic heterocycles. The molecule has 4 nitrogen and oxygen atoms in total. The molecule has 116 valence electrons. The third-order valence-electron chi connectivity index (χ3n) is 5.44. The van der Waals surface area contributed by atoms with Crippen LogP contribution < -0.4 is 5.73 Å². The Kier molecular flexibility index (Phi) is 2.68. The van der Waals surface area contributed by atoms with Gasteiger partial charge in [0.1, 0.15) is 0 Å². The number of rotatable bonds is 3. The third-order valence-corrected chi connectivity index (χ3v) is 5.44. The van der Waals surface area contributed by atoms with Crippen LogP contribution in [-0.2, 0) is 5.54 Å². The summed E-state index contributed by atoms with van der Waals surface area (Å²) in [5, 5.41) is 6.71. The van der Waals surface area contributed by atoms with Gasteiger partial charge in [-0.15, -0.1) is 0 Å². The van der Waals surface area contributed by atoms with Gasteiger partial charge in [0.25, 0.3) is 0 Å². The number of nitrogens with two attached hydrogens (primary N) is 1. The smallest absolute Gasteiger partial charge is 0.230 e. The molecule has 2 N–H and O–H groups in total. The Morgan fingerprint density at radius 3 is 2.65 bits per heavy atom. The van der Waals surface area contributed by atoms with Crippen LogP contribution in [0, 0.1) is 0 Å². The molecule has 2 aromatic carbocycles. The summed E-state index contributed by atoms with van der Waals surface area (Å²) in [7, 11) is 0. The number of benzene rings is 2. The second kappa shape index (κ2) is 4.65. The van der Waals surface area contributed by atoms with E-state index in [0.29, 0.717) is 17.7 Å². The molecule has 1 heterocycles. The maximum absolute atomic E-state index is 6.28. The molecule has 0 aliphatic heterocycles. The Balaban J connectivity index is 1.40. The van der Waals surface area contributed by atoms with Gasteiger partial charge in [0.05, 0.1) is 5.54 Å². The fraction of sp³-hybridized carbons (Fsp3) is 0.368. The molecule has 5 rings (SSSR count). The molecule has 3 aromatic rings. The first-order valence-electron chi connectivity index (χ1n) is 8.35. The highest BCUT2D eigenvalue weighted by atomic mass is 16.5. The lowest BCUT2D eigenvalue weighted by Gasteiger charge is -2.34. The molecule has 2 atom stereocenters. The Labute approximate surface area is 134 Å². The standard InChI is InChI=1S/C19H19N3O/c20-19(8-3-9-19)18-21-17(23-22-18)16-11-15(16)14-7-6-12-4-1-2-5-13(12)10-14/h1-2,4-7,10,15-16H,3,8-9,11,20H2. The minimum atomic E-state index is -0.338. The zero-order valence-electron chi connectivity index (χ0n) is 12.9. The van der Waals surface area contributed by atoms with Crippen LogP contribution in [0.5, 0.6) is 0 Å². The lowest BCUT2D eigenvalue weighted by atomic mass is 9.77. The van der Waals surface area contributed by atoms with Gasteiger partial charge in [0.2, 0.25) is 5.89 Å². The predicted molar refractivity (Wildman–Crippen MR) is 88.1 cm³/mol. The Hall–Kier alpha value is -2.20. The molecule has 2 saturated carbocycles. The summed E-state index contributed by atoms with van der Waals surface area (Å²) in [6.07, 6.45) is 4.16. The number of fused-ring (bicyclic) bond motifs is 1. The van der Waals surface area contributed by atoms with E-state index in [0.717, 1.165) is 31.6 Å². The van der Waals surface area contributed by atoms with Gasteiger partial charge in [0, 0.05) is 5.92 Å². The molecular weight excluding hydrogens is 286 g/mol. The molecule has 2 unspecified atom stereocenters. The molecule has 2 aliphatic rings. The Morgan fingerprint density at radius 1 is 1.04 bits per heavy atom. The van der Waals surface area contributed by atoms with Gasteiger partial charge in [-0.05, 0) is 47.9 Å². The molecule has 2 aliphatic carbocycles. The van der Waals surface area contributed by atoms with Crippen molar-refractivity contribution in [2.75, 3.05) is 0 Å². The topological polar surface area (TPSA) is 64.9 Å². The van der Waals surface area contributed by atoms with Crippen molar-refractivity contribution in [3.8, 4) is 0 Å². The van der Waals surface area contributed by atoms with Crippen LogP contribution >= 0.6 is 0 Å². The first-order valence-corrected chi connectivity index (χ1v) is 8.35. The zero-order valence-corrected chi connectivity index (χ0v) is 12.9. The summed E-state index contributed by atoms with van der Waals surface area (Å²) >= 11 is 0. The van der Waals surface area contributed by atoms with Crippen LogP contribution in [-0.4, -0.2) is 10.1 Å². The van der Waals surface area contributed by atoms with Crippen molar-refractivity contribution in [2.45, 2.75) is 43.1 Å². The van der Waals surface area contributed by atoms with Crippen LogP contribution in [0.3, 0.4) is 0 Å². The van der Waals surface area contributed by atoms with Crippen molar-refractivity contribution in [1.29, 1.82) is 0 Å². The van der Waals surface area contributed by atoms with Gasteiger partial charge in [-0.3, -0.25) is 0 Å². The predicted octanol–water partition coefficient (Wildman–Crippen LogP) is 3.83. The van der Waals surface area contributed by atoms with Crippen molar-refractivity contribution < 1.29 is 4.52 Å². The second-order valence-electron chi connectivity index (χ2n) is 7.02. The SMILES string of the molecule is NC1(c2noc(C3CC3c3ccc4ccccc4c3)n2)CCC1. The fourth-order valence-corrected chi connectivity index (χ4v) is 3.64. The fourth-order valence-electron chi connectivity index (χ4n) is 3.64. The van der Waals surface area contributed by atoms with Crippen LogP contribution in [0.4, 0.5) is 0 Å². The molecule has 0 spiro atoms. The number of hydrogen-bond acceptors (Lipinski definition) is 4. The lowest BCUT2D eigenvalue weighted by Crippen LogP contribution is -2.44. The summed E-state index contributed by atoms with van der Waals surface area (Å²) in [6.45, 7) is 0. The maximum atomic E-state index is 6.28. The summed E-state index contributed by atoms with van der Waals surface area (Å²) in [5.41, 5.74) is 7.30. The van der Waals surface area contributed by atoms with Gasteiger partial charge < -0.3 is 10.3 Å². The molecule has 0 radical (unpaired) electrons. The molecule has 4 heteroatoms.